The Morgan fingerprint density at radius 1 is 1.07 bits per heavy atom. The molecule has 150 valence electrons. The van der Waals surface area contributed by atoms with E-state index >= 15 is 0 Å². The maximum atomic E-state index is 12.3. The second kappa shape index (κ2) is 9.01. The zero-order valence-corrected chi connectivity index (χ0v) is 15.9. The van der Waals surface area contributed by atoms with E-state index in [0.29, 0.717) is 29.9 Å². The van der Waals surface area contributed by atoms with Gasteiger partial charge in [-0.25, -0.2) is 4.79 Å². The number of ether oxygens (including phenoxy) is 1. The number of carbonyl (C=O) groups is 4. The van der Waals surface area contributed by atoms with Crippen LogP contribution in [0.1, 0.15) is 33.6 Å². The molecule has 29 heavy (non-hydrogen) atoms. The summed E-state index contributed by atoms with van der Waals surface area (Å²) < 4.78 is 5.07. The van der Waals surface area contributed by atoms with E-state index in [9.17, 15) is 19.2 Å². The molecule has 1 heterocycles. The molecule has 0 spiro atoms. The van der Waals surface area contributed by atoms with Gasteiger partial charge in [0.1, 0.15) is 0 Å². The van der Waals surface area contributed by atoms with E-state index < -0.39 is 18.5 Å². The van der Waals surface area contributed by atoms with Crippen LogP contribution in [0.15, 0.2) is 48.5 Å². The molecular formula is C21H21N3O5. The average Bonchev–Trinajstić information content (AvgIpc) is 3.18. The first-order valence-electron chi connectivity index (χ1n) is 9.17. The first-order valence-corrected chi connectivity index (χ1v) is 9.17. The van der Waals surface area contributed by atoms with E-state index in [1.54, 1.807) is 53.4 Å². The van der Waals surface area contributed by atoms with Crippen molar-refractivity contribution < 1.29 is 23.9 Å². The van der Waals surface area contributed by atoms with Gasteiger partial charge in [-0.05, 0) is 48.9 Å². The zero-order valence-electron chi connectivity index (χ0n) is 15.9. The van der Waals surface area contributed by atoms with Crippen molar-refractivity contribution in [2.45, 2.75) is 12.8 Å². The summed E-state index contributed by atoms with van der Waals surface area (Å²) in [7, 11) is 1.53. The number of carbonyl (C=O) groups excluding carboxylic acids is 4. The monoisotopic (exact) mass is 395 g/mol. The fraction of sp³-hybridized carbons (Fsp3) is 0.238. The smallest absolute Gasteiger partial charge is 0.338 e. The van der Waals surface area contributed by atoms with Gasteiger partial charge in [0.25, 0.3) is 11.8 Å². The van der Waals surface area contributed by atoms with Crippen LogP contribution in [0.5, 0.6) is 0 Å². The first-order chi connectivity index (χ1) is 14.0. The quantitative estimate of drug-likeness (QED) is 0.728. The Balaban J connectivity index is 1.54. The Kier molecular flexibility index (Phi) is 6.23. The molecule has 1 aliphatic rings. The molecular weight excluding hydrogens is 374 g/mol. The van der Waals surface area contributed by atoms with Gasteiger partial charge in [0.15, 0.2) is 6.61 Å². The molecule has 2 aromatic carbocycles. The van der Waals surface area contributed by atoms with E-state index in [-0.39, 0.29) is 17.4 Å². The van der Waals surface area contributed by atoms with Gasteiger partial charge in [0.2, 0.25) is 5.91 Å². The van der Waals surface area contributed by atoms with Crippen molar-refractivity contribution >= 4 is 35.1 Å². The van der Waals surface area contributed by atoms with Crippen molar-refractivity contribution in [3.05, 3.63) is 59.7 Å². The van der Waals surface area contributed by atoms with Gasteiger partial charge in [-0.1, -0.05) is 6.07 Å². The number of hydrogen-bond acceptors (Lipinski definition) is 5. The van der Waals surface area contributed by atoms with Crippen molar-refractivity contribution in [1.82, 2.24) is 5.32 Å². The first kappa shape index (κ1) is 20.1. The van der Waals surface area contributed by atoms with E-state index in [1.165, 1.54) is 7.05 Å². The van der Waals surface area contributed by atoms with Crippen LogP contribution in [0, 0.1) is 0 Å². The van der Waals surface area contributed by atoms with Gasteiger partial charge in [0, 0.05) is 37.0 Å². The van der Waals surface area contributed by atoms with Crippen molar-refractivity contribution in [1.29, 1.82) is 0 Å². The number of amides is 3. The predicted octanol–water partition coefficient (Wildman–Crippen LogP) is 1.97. The van der Waals surface area contributed by atoms with Gasteiger partial charge >= 0.3 is 5.97 Å². The minimum atomic E-state index is -0.649. The summed E-state index contributed by atoms with van der Waals surface area (Å²) in [6, 6.07) is 12.9. The lowest BCUT2D eigenvalue weighted by Gasteiger charge is -2.16. The highest BCUT2D eigenvalue weighted by Gasteiger charge is 2.22. The molecule has 3 rings (SSSR count). The Bertz CT molecular complexity index is 940. The third-order valence-electron chi connectivity index (χ3n) is 4.46. The van der Waals surface area contributed by atoms with Crippen molar-refractivity contribution in [2.24, 2.45) is 0 Å². The molecule has 1 fully saturated rings. The molecule has 2 aromatic rings. The molecule has 8 heteroatoms. The highest BCUT2D eigenvalue weighted by Crippen LogP contribution is 2.22. The van der Waals surface area contributed by atoms with E-state index in [4.69, 9.17) is 4.74 Å². The number of esters is 1. The molecule has 8 nitrogen and oxygen atoms in total. The fourth-order valence-electron chi connectivity index (χ4n) is 2.98. The van der Waals surface area contributed by atoms with Gasteiger partial charge in [0.05, 0.1) is 5.56 Å². The summed E-state index contributed by atoms with van der Waals surface area (Å²) in [5, 5.41) is 5.10. The summed E-state index contributed by atoms with van der Waals surface area (Å²) in [4.78, 5) is 49.3. The normalized spacial score (nSPS) is 13.1. The molecule has 0 radical (unpaired) electrons. The van der Waals surface area contributed by atoms with Crippen LogP contribution in [0.2, 0.25) is 0 Å². The highest BCUT2D eigenvalue weighted by molar-refractivity contribution is 5.99. The van der Waals surface area contributed by atoms with Gasteiger partial charge in [-0.3, -0.25) is 14.4 Å². The molecule has 0 saturated carbocycles. The van der Waals surface area contributed by atoms with E-state index in [2.05, 4.69) is 10.6 Å². The average molecular weight is 395 g/mol. The fourth-order valence-corrected chi connectivity index (χ4v) is 2.98. The largest absolute Gasteiger partial charge is 0.452 e. The molecule has 0 unspecified atom stereocenters. The van der Waals surface area contributed by atoms with E-state index in [0.717, 1.165) is 6.42 Å². The van der Waals surface area contributed by atoms with Crippen LogP contribution in [-0.4, -0.2) is 43.9 Å². The molecule has 2 N–H and O–H groups in total. The minimum Gasteiger partial charge on any atom is -0.452 e. The van der Waals surface area contributed by atoms with Crippen molar-refractivity contribution in [3.8, 4) is 0 Å². The Morgan fingerprint density at radius 3 is 2.48 bits per heavy atom. The second-order valence-corrected chi connectivity index (χ2v) is 6.48. The van der Waals surface area contributed by atoms with Gasteiger partial charge < -0.3 is 20.3 Å². The maximum absolute atomic E-state index is 12.3. The number of nitrogens with one attached hydrogen (secondary N) is 2. The Morgan fingerprint density at radius 2 is 1.83 bits per heavy atom. The summed E-state index contributed by atoms with van der Waals surface area (Å²) in [6.07, 6.45) is 1.29. The summed E-state index contributed by atoms with van der Waals surface area (Å²) in [6.45, 7) is 0.168. The topological polar surface area (TPSA) is 105 Å². The van der Waals surface area contributed by atoms with Crippen LogP contribution in [0.4, 0.5) is 11.4 Å². The molecule has 3 amide bonds. The van der Waals surface area contributed by atoms with Crippen LogP contribution in [-0.2, 0) is 14.3 Å². The SMILES string of the molecule is CNC(=O)c1ccc(NC(=O)COC(=O)c2cccc(N3CCCC3=O)c2)cc1. The molecule has 0 atom stereocenters. The Labute approximate surface area is 167 Å². The molecule has 0 aliphatic carbocycles. The zero-order chi connectivity index (χ0) is 20.8. The standard InChI is InChI=1S/C21H21N3O5/c1-22-20(27)14-7-9-16(10-8-14)23-18(25)13-29-21(28)15-4-2-5-17(12-15)24-11-3-6-19(24)26/h2,4-5,7-10,12H,3,6,11,13H2,1H3,(H,22,27)(H,23,25). The molecule has 0 bridgehead atoms. The van der Waals surface area contributed by atoms with Crippen molar-refractivity contribution in [2.75, 3.05) is 30.4 Å². The lowest BCUT2D eigenvalue weighted by atomic mass is 10.2. The summed E-state index contributed by atoms with van der Waals surface area (Å²) in [5.41, 5.74) is 1.86. The van der Waals surface area contributed by atoms with Crippen LogP contribution in [0.3, 0.4) is 0 Å². The molecule has 0 aromatic heterocycles. The van der Waals surface area contributed by atoms with Gasteiger partial charge in [-0.15, -0.1) is 0 Å². The second-order valence-electron chi connectivity index (χ2n) is 6.48. The lowest BCUT2D eigenvalue weighted by Crippen LogP contribution is -2.24. The summed E-state index contributed by atoms with van der Waals surface area (Å²) in [5.74, 6) is -1.35. The maximum Gasteiger partial charge on any atom is 0.338 e. The number of hydrogen-bond donors (Lipinski definition) is 2. The van der Waals surface area contributed by atoms with Crippen LogP contribution >= 0.6 is 0 Å². The number of anilines is 2. The van der Waals surface area contributed by atoms with Crippen LogP contribution in [0.25, 0.3) is 0 Å². The molecule has 1 saturated heterocycles. The summed E-state index contributed by atoms with van der Waals surface area (Å²) >= 11 is 0. The van der Waals surface area contributed by atoms with Crippen LogP contribution < -0.4 is 15.5 Å². The predicted molar refractivity (Wildman–Crippen MR) is 107 cm³/mol. The lowest BCUT2D eigenvalue weighted by molar-refractivity contribution is -0.119. The van der Waals surface area contributed by atoms with E-state index in [1.807, 2.05) is 0 Å². The third-order valence-corrected chi connectivity index (χ3v) is 4.46. The number of nitrogens with zero attached hydrogens (tertiary/aromatic N) is 1. The Hall–Kier alpha value is -3.68. The molecule has 1 aliphatic heterocycles. The minimum absolute atomic E-state index is 0.0253. The highest BCUT2D eigenvalue weighted by atomic mass is 16.5. The van der Waals surface area contributed by atoms with Crippen molar-refractivity contribution in [3.63, 3.8) is 0 Å². The number of rotatable bonds is 6. The third kappa shape index (κ3) is 4.98. The van der Waals surface area contributed by atoms with Gasteiger partial charge in [-0.2, -0.15) is 0 Å². The number of benzene rings is 2.